The molecule has 3 aromatic carbocycles. The van der Waals surface area contributed by atoms with Crippen LogP contribution in [0.1, 0.15) is 18.1 Å². The van der Waals surface area contributed by atoms with Crippen LogP contribution in [-0.4, -0.2) is 25.9 Å². The van der Waals surface area contributed by atoms with Crippen molar-refractivity contribution < 1.29 is 14.1 Å². The molecule has 0 fully saturated rings. The Hall–Kier alpha value is -3.95. The van der Waals surface area contributed by atoms with Gasteiger partial charge in [0.1, 0.15) is 11.6 Å². The maximum Gasteiger partial charge on any atom is 0.229 e. The van der Waals surface area contributed by atoms with E-state index < -0.39 is 10.6 Å². The molecule has 1 atom stereocenters. The Bertz CT molecular complexity index is 1350. The Morgan fingerprint density at radius 3 is 2.46 bits per heavy atom. The van der Waals surface area contributed by atoms with Crippen LogP contribution >= 0.6 is 0 Å². The van der Waals surface area contributed by atoms with Crippen LogP contribution in [0.15, 0.2) is 83.9 Å². The molecule has 0 spiro atoms. The summed E-state index contributed by atoms with van der Waals surface area (Å²) in [6.07, 6.45) is 1.75. The van der Waals surface area contributed by atoms with Gasteiger partial charge in [0.25, 0.3) is 0 Å². The molecule has 0 saturated carbocycles. The second kappa shape index (κ2) is 11.5. The third kappa shape index (κ3) is 6.34. The van der Waals surface area contributed by atoms with E-state index in [0.717, 1.165) is 28.0 Å². The summed E-state index contributed by atoms with van der Waals surface area (Å²) in [6.45, 7) is 3.08. The molecule has 9 heteroatoms. The topological polar surface area (TPSA) is 120 Å². The standard InChI is InChI=1S/C26H27N5O3S/c1-2-34-22-12-10-20(11-13-22)24-16-29-26(30-21-4-3-5-23(14-21)35(27)33)31-25(24)28-15-18-6-8-19(17-32)9-7-18/h3-14,16,27,32,35H,2,15,17H2,1H3,(H2,28,29,30,31). The lowest BCUT2D eigenvalue weighted by Gasteiger charge is -2.14. The molecular formula is C26H27N5O3S. The normalized spacial score (nSPS) is 11.6. The van der Waals surface area contributed by atoms with Gasteiger partial charge in [-0.05, 0) is 53.9 Å². The minimum absolute atomic E-state index is 0.00616. The predicted octanol–water partition coefficient (Wildman–Crippen LogP) is 4.99. The van der Waals surface area contributed by atoms with Gasteiger partial charge in [0.05, 0.1) is 23.8 Å². The summed E-state index contributed by atoms with van der Waals surface area (Å²) in [4.78, 5) is 9.61. The molecule has 35 heavy (non-hydrogen) atoms. The number of aromatic nitrogens is 2. The number of nitrogens with one attached hydrogen (secondary N) is 3. The number of rotatable bonds is 10. The van der Waals surface area contributed by atoms with Crippen molar-refractivity contribution in [3.63, 3.8) is 0 Å². The molecule has 1 aromatic heterocycles. The van der Waals surface area contributed by atoms with E-state index in [9.17, 15) is 9.32 Å². The summed E-state index contributed by atoms with van der Waals surface area (Å²) in [7, 11) is -2.19. The van der Waals surface area contributed by atoms with Gasteiger partial charge in [0, 0.05) is 28.9 Å². The number of aliphatic hydroxyl groups excluding tert-OH is 1. The summed E-state index contributed by atoms with van der Waals surface area (Å²) in [6, 6.07) is 22.3. The smallest absolute Gasteiger partial charge is 0.229 e. The van der Waals surface area contributed by atoms with Gasteiger partial charge in [-0.1, -0.05) is 42.5 Å². The fourth-order valence-corrected chi connectivity index (χ4v) is 3.95. The number of hydrogen-bond donors (Lipinski definition) is 5. The number of nitrogens with zero attached hydrogens (tertiary/aromatic N) is 2. The average molecular weight is 490 g/mol. The Kier molecular flexibility index (Phi) is 7.92. The first-order valence-electron chi connectivity index (χ1n) is 11.1. The summed E-state index contributed by atoms with van der Waals surface area (Å²) in [5.74, 6) is 1.80. The maximum atomic E-state index is 11.6. The number of anilines is 3. The van der Waals surface area contributed by atoms with Crippen LogP contribution < -0.4 is 15.4 Å². The predicted molar refractivity (Wildman–Crippen MR) is 139 cm³/mol. The minimum atomic E-state index is -2.19. The van der Waals surface area contributed by atoms with E-state index in [1.54, 1.807) is 24.4 Å². The summed E-state index contributed by atoms with van der Waals surface area (Å²) in [5, 5.41) is 15.8. The quantitative estimate of drug-likeness (QED) is 0.199. The van der Waals surface area contributed by atoms with E-state index in [1.165, 1.54) is 0 Å². The largest absolute Gasteiger partial charge is 0.494 e. The van der Waals surface area contributed by atoms with Crippen LogP contribution in [0.2, 0.25) is 0 Å². The van der Waals surface area contributed by atoms with E-state index in [4.69, 9.17) is 14.5 Å². The number of aliphatic hydroxyl groups is 1. The van der Waals surface area contributed by atoms with Gasteiger partial charge in [-0.25, -0.2) is 9.19 Å². The van der Waals surface area contributed by atoms with E-state index >= 15 is 0 Å². The zero-order chi connectivity index (χ0) is 24.6. The SMILES string of the molecule is CCOc1ccc(-c2cnc(Nc3cccc([SH](=N)=O)c3)nc2NCc2ccc(CO)cc2)cc1. The molecule has 4 N–H and O–H groups in total. The molecule has 1 heterocycles. The first-order valence-corrected chi connectivity index (χ1v) is 12.4. The van der Waals surface area contributed by atoms with E-state index in [1.807, 2.05) is 61.5 Å². The van der Waals surface area contributed by atoms with Gasteiger partial charge in [-0.3, -0.25) is 4.78 Å². The molecule has 180 valence electrons. The van der Waals surface area contributed by atoms with Gasteiger partial charge >= 0.3 is 0 Å². The van der Waals surface area contributed by atoms with Gasteiger partial charge < -0.3 is 20.5 Å². The number of ether oxygens (including phenoxy) is 1. The second-order valence-corrected chi connectivity index (χ2v) is 8.82. The number of thiol groups is 1. The highest BCUT2D eigenvalue weighted by Crippen LogP contribution is 2.29. The molecular weight excluding hydrogens is 462 g/mol. The maximum absolute atomic E-state index is 11.6. The molecule has 4 aromatic rings. The van der Waals surface area contributed by atoms with Crippen molar-refractivity contribution in [1.82, 2.24) is 9.97 Å². The molecule has 0 saturated heterocycles. The molecule has 0 aliphatic heterocycles. The van der Waals surface area contributed by atoms with Gasteiger partial charge in [0.15, 0.2) is 0 Å². The van der Waals surface area contributed by atoms with Crippen LogP contribution in [-0.2, 0) is 23.7 Å². The lowest BCUT2D eigenvalue weighted by atomic mass is 10.1. The Morgan fingerprint density at radius 2 is 1.77 bits per heavy atom. The molecule has 1 unspecified atom stereocenters. The number of benzene rings is 3. The monoisotopic (exact) mass is 489 g/mol. The lowest BCUT2D eigenvalue weighted by Crippen LogP contribution is -2.06. The summed E-state index contributed by atoms with van der Waals surface area (Å²) < 4.78 is 24.6. The minimum Gasteiger partial charge on any atom is -0.494 e. The van der Waals surface area contributed by atoms with E-state index in [-0.39, 0.29) is 6.61 Å². The number of hydrogen-bond acceptors (Lipinski definition) is 8. The van der Waals surface area contributed by atoms with Crippen LogP contribution in [0.3, 0.4) is 0 Å². The first-order chi connectivity index (χ1) is 17.1. The highest BCUT2D eigenvalue weighted by molar-refractivity contribution is 7.73. The average Bonchev–Trinajstić information content (AvgIpc) is 2.89. The van der Waals surface area contributed by atoms with Crippen molar-refractivity contribution >= 4 is 28.0 Å². The van der Waals surface area contributed by atoms with Crippen LogP contribution in [0, 0.1) is 4.78 Å². The Morgan fingerprint density at radius 1 is 1.03 bits per heavy atom. The van der Waals surface area contributed by atoms with E-state index in [0.29, 0.717) is 35.5 Å². The van der Waals surface area contributed by atoms with E-state index in [2.05, 4.69) is 15.6 Å². The summed E-state index contributed by atoms with van der Waals surface area (Å²) in [5.41, 5.74) is 4.31. The van der Waals surface area contributed by atoms with Crippen molar-refractivity contribution in [2.45, 2.75) is 25.0 Å². The Balaban J connectivity index is 1.63. The first kappa shape index (κ1) is 24.2. The molecule has 0 bridgehead atoms. The molecule has 0 amide bonds. The van der Waals surface area contributed by atoms with Crippen LogP contribution in [0.25, 0.3) is 11.1 Å². The third-order valence-corrected chi connectivity index (χ3v) is 6.01. The van der Waals surface area contributed by atoms with Crippen molar-refractivity contribution in [2.75, 3.05) is 17.2 Å². The fourth-order valence-electron chi connectivity index (χ4n) is 3.47. The molecule has 0 aliphatic carbocycles. The zero-order valence-electron chi connectivity index (χ0n) is 19.2. The lowest BCUT2D eigenvalue weighted by molar-refractivity contribution is 0.282. The van der Waals surface area contributed by atoms with Crippen LogP contribution in [0.5, 0.6) is 5.75 Å². The Labute approximate surface area is 206 Å². The van der Waals surface area contributed by atoms with Gasteiger partial charge in [-0.15, -0.1) is 0 Å². The van der Waals surface area contributed by atoms with Crippen molar-refractivity contribution in [3.05, 3.63) is 90.1 Å². The van der Waals surface area contributed by atoms with Crippen molar-refractivity contribution in [2.24, 2.45) is 0 Å². The molecule has 0 radical (unpaired) electrons. The van der Waals surface area contributed by atoms with Gasteiger partial charge in [-0.2, -0.15) is 4.98 Å². The highest BCUT2D eigenvalue weighted by atomic mass is 32.2. The molecule has 8 nitrogen and oxygen atoms in total. The third-order valence-electron chi connectivity index (χ3n) is 5.27. The van der Waals surface area contributed by atoms with Crippen LogP contribution in [0.4, 0.5) is 17.5 Å². The van der Waals surface area contributed by atoms with Crippen molar-refractivity contribution in [1.29, 1.82) is 4.78 Å². The fraction of sp³-hybridized carbons (Fsp3) is 0.154. The second-order valence-electron chi connectivity index (χ2n) is 7.71. The van der Waals surface area contributed by atoms with Crippen molar-refractivity contribution in [3.8, 4) is 16.9 Å². The zero-order valence-corrected chi connectivity index (χ0v) is 20.1. The molecule has 4 rings (SSSR count). The summed E-state index contributed by atoms with van der Waals surface area (Å²) >= 11 is 0. The molecule has 0 aliphatic rings. The van der Waals surface area contributed by atoms with Gasteiger partial charge in [0.2, 0.25) is 5.95 Å². The highest BCUT2D eigenvalue weighted by Gasteiger charge is 2.11.